The van der Waals surface area contributed by atoms with Crippen LogP contribution in [0.15, 0.2) is 35.2 Å². The Kier molecular flexibility index (Phi) is 8.27. The van der Waals surface area contributed by atoms with Crippen molar-refractivity contribution in [1.82, 2.24) is 14.3 Å². The van der Waals surface area contributed by atoms with Gasteiger partial charge in [0, 0.05) is 32.2 Å². The average Bonchev–Trinajstić information content (AvgIpc) is 3.15. The van der Waals surface area contributed by atoms with Crippen LogP contribution in [0.1, 0.15) is 23.8 Å². The molecule has 0 saturated carbocycles. The molecule has 1 aliphatic heterocycles. The van der Waals surface area contributed by atoms with Crippen molar-refractivity contribution in [2.45, 2.75) is 18.2 Å². The number of methoxy groups -OCH3 is 2. The van der Waals surface area contributed by atoms with Crippen LogP contribution in [0.3, 0.4) is 0 Å². The molecule has 0 radical (unpaired) electrons. The van der Waals surface area contributed by atoms with E-state index in [1.54, 1.807) is 25.1 Å². The Bertz CT molecular complexity index is 1440. The van der Waals surface area contributed by atoms with E-state index in [0.29, 0.717) is 40.6 Å². The molecule has 37 heavy (non-hydrogen) atoms. The number of esters is 1. The van der Waals surface area contributed by atoms with Crippen molar-refractivity contribution in [2.75, 3.05) is 51.9 Å². The summed E-state index contributed by atoms with van der Waals surface area (Å²) in [7, 11) is -1.02. The quantitative estimate of drug-likeness (QED) is 0.390. The first kappa shape index (κ1) is 27.2. The molecule has 1 aliphatic rings. The van der Waals surface area contributed by atoms with Crippen molar-refractivity contribution < 1.29 is 27.4 Å². The highest BCUT2D eigenvalue weighted by atomic mass is 35.5. The molecule has 0 bridgehead atoms. The van der Waals surface area contributed by atoms with Crippen LogP contribution in [0.4, 0.5) is 5.82 Å². The summed E-state index contributed by atoms with van der Waals surface area (Å²) < 4.78 is 44.3. The SMILES string of the molecule is CCOC(=O)c1nc2cc(Cl)c(Cl)cc2nc1N1CCCN(S(=O)(=O)c2cc(OC)ccc2OC)CC1. The number of ether oxygens (including phenoxy) is 3. The number of fused-ring (bicyclic) bond motifs is 1. The molecule has 0 unspecified atom stereocenters. The van der Waals surface area contributed by atoms with Crippen LogP contribution < -0.4 is 14.4 Å². The number of hydrogen-bond acceptors (Lipinski definition) is 9. The van der Waals surface area contributed by atoms with Crippen LogP contribution in [0, 0.1) is 0 Å². The van der Waals surface area contributed by atoms with E-state index in [1.807, 2.05) is 4.90 Å². The Balaban J connectivity index is 1.69. The van der Waals surface area contributed by atoms with E-state index in [0.717, 1.165) is 0 Å². The molecular weight excluding hydrogens is 543 g/mol. The van der Waals surface area contributed by atoms with Gasteiger partial charge in [-0.15, -0.1) is 0 Å². The van der Waals surface area contributed by atoms with E-state index in [-0.39, 0.29) is 47.6 Å². The van der Waals surface area contributed by atoms with Crippen molar-refractivity contribution in [3.63, 3.8) is 0 Å². The van der Waals surface area contributed by atoms with Gasteiger partial charge in [-0.1, -0.05) is 23.2 Å². The van der Waals surface area contributed by atoms with Gasteiger partial charge in [-0.05, 0) is 37.6 Å². The lowest BCUT2D eigenvalue weighted by Crippen LogP contribution is -2.36. The van der Waals surface area contributed by atoms with Crippen LogP contribution in [-0.4, -0.2) is 75.7 Å². The fourth-order valence-electron chi connectivity index (χ4n) is 4.07. The van der Waals surface area contributed by atoms with Crippen molar-refractivity contribution in [2.24, 2.45) is 0 Å². The highest BCUT2D eigenvalue weighted by Crippen LogP contribution is 2.32. The molecule has 13 heteroatoms. The van der Waals surface area contributed by atoms with Crippen molar-refractivity contribution in [3.8, 4) is 11.5 Å². The molecule has 198 valence electrons. The third-order valence-electron chi connectivity index (χ3n) is 5.90. The van der Waals surface area contributed by atoms with Gasteiger partial charge < -0.3 is 19.1 Å². The van der Waals surface area contributed by atoms with Gasteiger partial charge in [0.1, 0.15) is 16.4 Å². The lowest BCUT2D eigenvalue weighted by molar-refractivity contribution is 0.0520. The molecule has 0 spiro atoms. The molecule has 0 aliphatic carbocycles. The average molecular weight is 569 g/mol. The first-order chi connectivity index (χ1) is 17.7. The molecule has 0 N–H and O–H groups in total. The summed E-state index contributed by atoms with van der Waals surface area (Å²) in [4.78, 5) is 23.8. The molecule has 1 aromatic heterocycles. The van der Waals surface area contributed by atoms with E-state index < -0.39 is 16.0 Å². The third-order valence-corrected chi connectivity index (χ3v) is 8.54. The maximum atomic E-state index is 13.6. The number of carbonyl (C=O) groups excluding carboxylic acids is 1. The van der Waals surface area contributed by atoms with Crippen molar-refractivity contribution in [3.05, 3.63) is 46.1 Å². The molecular formula is C24H26Cl2N4O6S. The Morgan fingerprint density at radius 3 is 2.32 bits per heavy atom. The second kappa shape index (κ2) is 11.3. The van der Waals surface area contributed by atoms with E-state index >= 15 is 0 Å². The zero-order valence-electron chi connectivity index (χ0n) is 20.5. The molecule has 1 fully saturated rings. The van der Waals surface area contributed by atoms with Crippen molar-refractivity contribution in [1.29, 1.82) is 0 Å². The first-order valence-electron chi connectivity index (χ1n) is 11.5. The second-order valence-electron chi connectivity index (χ2n) is 8.13. The van der Waals surface area contributed by atoms with E-state index in [9.17, 15) is 13.2 Å². The Labute approximate surface area is 225 Å². The zero-order valence-corrected chi connectivity index (χ0v) is 22.9. The van der Waals surface area contributed by atoms with Gasteiger partial charge in [0.05, 0.1) is 41.9 Å². The summed E-state index contributed by atoms with van der Waals surface area (Å²) in [5.74, 6) is 0.290. The van der Waals surface area contributed by atoms with Gasteiger partial charge in [-0.2, -0.15) is 4.31 Å². The fourth-order valence-corrected chi connectivity index (χ4v) is 6.03. The number of aromatic nitrogens is 2. The van der Waals surface area contributed by atoms with Crippen LogP contribution >= 0.6 is 23.2 Å². The zero-order chi connectivity index (χ0) is 26.7. The normalized spacial score (nSPS) is 14.9. The third kappa shape index (κ3) is 5.54. The molecule has 4 rings (SSSR count). The van der Waals surface area contributed by atoms with Gasteiger partial charge in [0.15, 0.2) is 11.5 Å². The van der Waals surface area contributed by atoms with Crippen LogP contribution in [0.25, 0.3) is 11.0 Å². The minimum atomic E-state index is -3.90. The van der Waals surface area contributed by atoms with Gasteiger partial charge in [0.2, 0.25) is 10.0 Å². The standard InChI is InChI=1S/C24H26Cl2N4O6S/c1-4-36-24(31)22-23(28-19-14-17(26)16(25)13-18(19)27-22)29-8-5-9-30(11-10-29)37(32,33)21-12-15(34-2)6-7-20(21)35-3/h6-7,12-14H,4-5,8-11H2,1-3H3. The van der Waals surface area contributed by atoms with E-state index in [1.165, 1.54) is 30.7 Å². The number of carbonyl (C=O) groups is 1. The second-order valence-corrected chi connectivity index (χ2v) is 10.9. The Morgan fingerprint density at radius 1 is 0.973 bits per heavy atom. The summed E-state index contributed by atoms with van der Waals surface area (Å²) in [6, 6.07) is 7.75. The number of anilines is 1. The monoisotopic (exact) mass is 568 g/mol. The fraction of sp³-hybridized carbons (Fsp3) is 0.375. The lowest BCUT2D eigenvalue weighted by Gasteiger charge is -2.24. The molecule has 2 heterocycles. The number of sulfonamides is 1. The molecule has 0 amide bonds. The predicted molar refractivity (Wildman–Crippen MR) is 141 cm³/mol. The van der Waals surface area contributed by atoms with Crippen molar-refractivity contribution >= 4 is 56.0 Å². The van der Waals surface area contributed by atoms with Gasteiger partial charge in [-0.25, -0.2) is 23.2 Å². The summed E-state index contributed by atoms with van der Waals surface area (Å²) in [6.07, 6.45) is 0.481. The van der Waals surface area contributed by atoms with Gasteiger partial charge >= 0.3 is 5.97 Å². The Hall–Kier alpha value is -2.86. The molecule has 0 atom stereocenters. The molecule has 2 aromatic carbocycles. The summed E-state index contributed by atoms with van der Waals surface area (Å²) in [6.45, 7) is 2.97. The van der Waals surface area contributed by atoms with E-state index in [2.05, 4.69) is 9.97 Å². The predicted octanol–water partition coefficient (Wildman–Crippen LogP) is 4.03. The number of benzene rings is 2. The smallest absolute Gasteiger partial charge is 0.360 e. The maximum absolute atomic E-state index is 13.6. The van der Waals surface area contributed by atoms with Crippen LogP contribution in [0.2, 0.25) is 10.0 Å². The maximum Gasteiger partial charge on any atom is 0.360 e. The summed E-state index contributed by atoms with van der Waals surface area (Å²) in [5, 5.41) is 0.591. The highest BCUT2D eigenvalue weighted by Gasteiger charge is 2.32. The van der Waals surface area contributed by atoms with E-state index in [4.69, 9.17) is 37.4 Å². The van der Waals surface area contributed by atoms with Crippen LogP contribution in [-0.2, 0) is 14.8 Å². The summed E-state index contributed by atoms with van der Waals surface area (Å²) in [5.41, 5.74) is 0.871. The van der Waals surface area contributed by atoms with Gasteiger partial charge in [0.25, 0.3) is 0 Å². The van der Waals surface area contributed by atoms with Gasteiger partial charge in [-0.3, -0.25) is 0 Å². The number of nitrogens with zero attached hydrogens (tertiary/aromatic N) is 4. The molecule has 1 saturated heterocycles. The molecule has 10 nitrogen and oxygen atoms in total. The number of halogens is 2. The largest absolute Gasteiger partial charge is 0.497 e. The topological polar surface area (TPSA) is 111 Å². The first-order valence-corrected chi connectivity index (χ1v) is 13.7. The minimum absolute atomic E-state index is 0.0204. The minimum Gasteiger partial charge on any atom is -0.497 e. The molecule has 3 aromatic rings. The number of hydrogen-bond donors (Lipinski definition) is 0. The summed E-state index contributed by atoms with van der Waals surface area (Å²) >= 11 is 12.3. The van der Waals surface area contributed by atoms with Crippen LogP contribution in [0.5, 0.6) is 11.5 Å². The lowest BCUT2D eigenvalue weighted by atomic mass is 10.2. The number of rotatable bonds is 7. The highest BCUT2D eigenvalue weighted by molar-refractivity contribution is 7.89. The Morgan fingerprint density at radius 2 is 1.68 bits per heavy atom.